The average molecular weight is 335 g/mol. The van der Waals surface area contributed by atoms with Gasteiger partial charge in [0.2, 0.25) is 0 Å². The van der Waals surface area contributed by atoms with Gasteiger partial charge in [-0.25, -0.2) is 0 Å². The Bertz CT molecular complexity index is 540. The van der Waals surface area contributed by atoms with Gasteiger partial charge in [0.05, 0.1) is 5.69 Å². The van der Waals surface area contributed by atoms with Crippen LogP contribution in [0.5, 0.6) is 5.75 Å². The highest BCUT2D eigenvalue weighted by Crippen LogP contribution is 2.15. The van der Waals surface area contributed by atoms with Crippen LogP contribution in [0.2, 0.25) is 0 Å². The molecular formula is C16H19BrN2O. The number of hydrogen-bond acceptors (Lipinski definition) is 3. The summed E-state index contributed by atoms with van der Waals surface area (Å²) in [4.78, 5) is 4.33. The first-order valence-electron chi connectivity index (χ1n) is 6.69. The van der Waals surface area contributed by atoms with Crippen LogP contribution < -0.4 is 10.1 Å². The van der Waals surface area contributed by atoms with E-state index in [1.54, 1.807) is 6.20 Å². The molecule has 1 heterocycles. The molecule has 1 N–H and O–H groups in total. The van der Waals surface area contributed by atoms with Gasteiger partial charge in [-0.15, -0.1) is 0 Å². The standard InChI is InChI=1S/C16H19BrN2O/c1-12(2)19-10-15-9-16(7-8-18-15)20-11-13-3-5-14(17)6-4-13/h3-9,12,19H,10-11H2,1-2H3. The molecule has 0 atom stereocenters. The molecule has 106 valence electrons. The topological polar surface area (TPSA) is 34.1 Å². The Morgan fingerprint density at radius 1 is 1.20 bits per heavy atom. The maximum Gasteiger partial charge on any atom is 0.123 e. The van der Waals surface area contributed by atoms with Gasteiger partial charge >= 0.3 is 0 Å². The Hall–Kier alpha value is -1.39. The maximum absolute atomic E-state index is 5.80. The van der Waals surface area contributed by atoms with E-state index in [9.17, 15) is 0 Å². The molecule has 0 aliphatic rings. The number of ether oxygens (including phenoxy) is 1. The number of nitrogens with zero attached hydrogens (tertiary/aromatic N) is 1. The predicted molar refractivity (Wildman–Crippen MR) is 84.7 cm³/mol. The van der Waals surface area contributed by atoms with Crippen molar-refractivity contribution in [3.8, 4) is 5.75 Å². The minimum Gasteiger partial charge on any atom is -0.489 e. The first kappa shape index (κ1) is 15.0. The Kier molecular flexibility index (Phi) is 5.56. The van der Waals surface area contributed by atoms with Crippen molar-refractivity contribution in [2.45, 2.75) is 33.0 Å². The van der Waals surface area contributed by atoms with Crippen LogP contribution in [-0.4, -0.2) is 11.0 Å². The Labute approximate surface area is 128 Å². The third-order valence-electron chi connectivity index (χ3n) is 2.80. The van der Waals surface area contributed by atoms with Crippen LogP contribution in [0.25, 0.3) is 0 Å². The largest absolute Gasteiger partial charge is 0.489 e. The zero-order chi connectivity index (χ0) is 14.4. The van der Waals surface area contributed by atoms with Gasteiger partial charge in [-0.3, -0.25) is 4.98 Å². The molecule has 1 aromatic heterocycles. The quantitative estimate of drug-likeness (QED) is 0.869. The molecule has 1 aromatic carbocycles. The van der Waals surface area contributed by atoms with Crippen LogP contribution in [0.4, 0.5) is 0 Å². The van der Waals surface area contributed by atoms with Gasteiger partial charge in [-0.05, 0) is 23.8 Å². The Morgan fingerprint density at radius 3 is 2.65 bits per heavy atom. The first-order chi connectivity index (χ1) is 9.63. The second-order valence-electron chi connectivity index (χ2n) is 4.93. The van der Waals surface area contributed by atoms with Crippen LogP contribution in [-0.2, 0) is 13.2 Å². The van der Waals surface area contributed by atoms with E-state index >= 15 is 0 Å². The van der Waals surface area contributed by atoms with Crippen LogP contribution in [0.15, 0.2) is 47.1 Å². The lowest BCUT2D eigenvalue weighted by molar-refractivity contribution is 0.305. The van der Waals surface area contributed by atoms with E-state index < -0.39 is 0 Å². The number of hydrogen-bond donors (Lipinski definition) is 1. The van der Waals surface area contributed by atoms with E-state index in [-0.39, 0.29) is 0 Å². The summed E-state index contributed by atoms with van der Waals surface area (Å²) < 4.78 is 6.87. The summed E-state index contributed by atoms with van der Waals surface area (Å²) in [6.45, 7) is 5.56. The van der Waals surface area contributed by atoms with Gasteiger partial charge < -0.3 is 10.1 Å². The van der Waals surface area contributed by atoms with Crippen LogP contribution in [0.3, 0.4) is 0 Å². The molecule has 3 nitrogen and oxygen atoms in total. The smallest absolute Gasteiger partial charge is 0.123 e. The second kappa shape index (κ2) is 7.41. The van der Waals surface area contributed by atoms with Crippen molar-refractivity contribution in [2.24, 2.45) is 0 Å². The van der Waals surface area contributed by atoms with E-state index in [0.717, 1.165) is 28.0 Å². The molecule has 2 rings (SSSR count). The van der Waals surface area contributed by atoms with Gasteiger partial charge in [-0.1, -0.05) is 41.9 Å². The molecule has 20 heavy (non-hydrogen) atoms. The molecule has 0 spiro atoms. The number of pyridine rings is 1. The second-order valence-corrected chi connectivity index (χ2v) is 5.85. The average Bonchev–Trinajstić information content (AvgIpc) is 2.45. The van der Waals surface area contributed by atoms with Crippen molar-refractivity contribution >= 4 is 15.9 Å². The van der Waals surface area contributed by atoms with E-state index in [2.05, 4.69) is 40.1 Å². The number of aromatic nitrogens is 1. The first-order valence-corrected chi connectivity index (χ1v) is 7.48. The van der Waals surface area contributed by atoms with Gasteiger partial charge in [-0.2, -0.15) is 0 Å². The fourth-order valence-electron chi connectivity index (χ4n) is 1.70. The molecule has 0 aliphatic heterocycles. The molecule has 2 aromatic rings. The van der Waals surface area contributed by atoms with Gasteiger partial charge in [0.15, 0.2) is 0 Å². The molecule has 0 radical (unpaired) electrons. The normalized spacial score (nSPS) is 10.8. The summed E-state index contributed by atoms with van der Waals surface area (Å²) in [6, 6.07) is 12.4. The fraction of sp³-hybridized carbons (Fsp3) is 0.312. The maximum atomic E-state index is 5.80. The van der Waals surface area contributed by atoms with E-state index in [1.165, 1.54) is 0 Å². The van der Waals surface area contributed by atoms with Crippen molar-refractivity contribution < 1.29 is 4.74 Å². The van der Waals surface area contributed by atoms with E-state index in [1.807, 2.05) is 36.4 Å². The summed E-state index contributed by atoms with van der Waals surface area (Å²) in [5.74, 6) is 0.850. The van der Waals surface area contributed by atoms with Gasteiger partial charge in [0, 0.05) is 29.3 Å². The summed E-state index contributed by atoms with van der Waals surface area (Å²) in [5.41, 5.74) is 2.14. The molecule has 0 saturated heterocycles. The minimum atomic E-state index is 0.448. The minimum absolute atomic E-state index is 0.448. The summed E-state index contributed by atoms with van der Waals surface area (Å²) >= 11 is 3.42. The zero-order valence-corrected chi connectivity index (χ0v) is 13.4. The monoisotopic (exact) mass is 334 g/mol. The van der Waals surface area contributed by atoms with Crippen molar-refractivity contribution in [2.75, 3.05) is 0 Å². The SMILES string of the molecule is CC(C)NCc1cc(OCc2ccc(Br)cc2)ccn1. The Morgan fingerprint density at radius 2 is 1.95 bits per heavy atom. The summed E-state index contributed by atoms with van der Waals surface area (Å²) in [5, 5.41) is 3.35. The molecule has 0 unspecified atom stereocenters. The van der Waals surface area contributed by atoms with E-state index in [0.29, 0.717) is 12.6 Å². The van der Waals surface area contributed by atoms with Gasteiger partial charge in [0.1, 0.15) is 12.4 Å². The van der Waals surface area contributed by atoms with Crippen molar-refractivity contribution in [3.63, 3.8) is 0 Å². The van der Waals surface area contributed by atoms with Crippen molar-refractivity contribution in [1.82, 2.24) is 10.3 Å². The molecule has 0 saturated carbocycles. The molecule has 4 heteroatoms. The van der Waals surface area contributed by atoms with Crippen LogP contribution in [0.1, 0.15) is 25.1 Å². The van der Waals surface area contributed by atoms with Crippen LogP contribution in [0, 0.1) is 0 Å². The number of halogens is 1. The highest BCUT2D eigenvalue weighted by atomic mass is 79.9. The lowest BCUT2D eigenvalue weighted by atomic mass is 10.2. The van der Waals surface area contributed by atoms with E-state index in [4.69, 9.17) is 4.74 Å². The molecule has 0 fully saturated rings. The van der Waals surface area contributed by atoms with Crippen molar-refractivity contribution in [1.29, 1.82) is 0 Å². The predicted octanol–water partition coefficient (Wildman–Crippen LogP) is 3.92. The Balaban J connectivity index is 1.92. The lowest BCUT2D eigenvalue weighted by Gasteiger charge is -2.10. The fourth-order valence-corrected chi connectivity index (χ4v) is 1.96. The summed E-state index contributed by atoms with van der Waals surface area (Å²) in [7, 11) is 0. The molecule has 0 aliphatic carbocycles. The molecule has 0 bridgehead atoms. The highest BCUT2D eigenvalue weighted by Gasteiger charge is 2.01. The van der Waals surface area contributed by atoms with Crippen LogP contribution >= 0.6 is 15.9 Å². The molecule has 0 amide bonds. The number of benzene rings is 1. The number of nitrogens with one attached hydrogen (secondary N) is 1. The summed E-state index contributed by atoms with van der Waals surface area (Å²) in [6.07, 6.45) is 1.79. The third-order valence-corrected chi connectivity index (χ3v) is 3.33. The third kappa shape index (κ3) is 4.94. The van der Waals surface area contributed by atoms with Gasteiger partial charge in [0.25, 0.3) is 0 Å². The number of rotatable bonds is 6. The highest BCUT2D eigenvalue weighted by molar-refractivity contribution is 9.10. The zero-order valence-electron chi connectivity index (χ0n) is 11.8. The lowest BCUT2D eigenvalue weighted by Crippen LogP contribution is -2.22. The van der Waals surface area contributed by atoms with Crippen molar-refractivity contribution in [3.05, 3.63) is 58.3 Å². The molecular weight excluding hydrogens is 316 g/mol.